The van der Waals surface area contributed by atoms with Crippen LogP contribution in [0.15, 0.2) is 0 Å². The van der Waals surface area contributed by atoms with Crippen LogP contribution in [0.25, 0.3) is 0 Å². The van der Waals surface area contributed by atoms with Crippen LogP contribution in [0.5, 0.6) is 0 Å². The van der Waals surface area contributed by atoms with Gasteiger partial charge in [-0.1, -0.05) is 0 Å². The van der Waals surface area contributed by atoms with E-state index in [0.29, 0.717) is 6.04 Å². The maximum Gasteiger partial charge on any atom is 0.235 e. The number of carbonyl (C=O) groups is 1. The number of hydrogen-bond donors (Lipinski definition) is 1. The van der Waals surface area contributed by atoms with Crippen LogP contribution in [-0.4, -0.2) is 17.8 Å². The minimum absolute atomic E-state index is 0.0471. The molecule has 1 N–H and O–H groups in total. The Bertz CT molecular complexity index is 101. The van der Waals surface area contributed by atoms with Gasteiger partial charge >= 0.3 is 0 Å². The van der Waals surface area contributed by atoms with E-state index in [0.717, 1.165) is 12.8 Å². The fourth-order valence-corrected chi connectivity index (χ4v) is 0.571. The molecule has 0 bridgehead atoms. The molecule has 0 aliphatic heterocycles. The molecule has 0 unspecified atom stereocenters. The molecule has 46 valence electrons. The SMILES string of the molecule is O=C(CCl)NC1CC1. The summed E-state index contributed by atoms with van der Waals surface area (Å²) < 4.78 is 0. The zero-order chi connectivity index (χ0) is 5.98. The highest BCUT2D eigenvalue weighted by molar-refractivity contribution is 6.27. The molecule has 3 heteroatoms. The van der Waals surface area contributed by atoms with E-state index < -0.39 is 0 Å². The van der Waals surface area contributed by atoms with Crippen molar-refractivity contribution in [3.63, 3.8) is 0 Å². The van der Waals surface area contributed by atoms with Crippen LogP contribution in [-0.2, 0) is 4.79 Å². The van der Waals surface area contributed by atoms with Crippen molar-refractivity contribution in [2.24, 2.45) is 0 Å². The first-order chi connectivity index (χ1) is 3.83. The number of amides is 1. The summed E-state index contributed by atoms with van der Waals surface area (Å²) in [6.45, 7) is 0. The number of alkyl halides is 1. The van der Waals surface area contributed by atoms with Crippen LogP contribution in [0.4, 0.5) is 0 Å². The summed E-state index contributed by atoms with van der Waals surface area (Å²) in [7, 11) is 0. The monoisotopic (exact) mass is 133 g/mol. The summed E-state index contributed by atoms with van der Waals surface area (Å²) in [5.41, 5.74) is 0. The maximum atomic E-state index is 10.4. The minimum Gasteiger partial charge on any atom is -0.352 e. The van der Waals surface area contributed by atoms with Crippen LogP contribution in [0, 0.1) is 0 Å². The summed E-state index contributed by atoms with van der Waals surface area (Å²) in [5, 5.41) is 2.73. The van der Waals surface area contributed by atoms with Crippen molar-refractivity contribution in [1.82, 2.24) is 5.32 Å². The first-order valence-corrected chi connectivity index (χ1v) is 3.21. The topological polar surface area (TPSA) is 29.1 Å². The molecule has 1 fully saturated rings. The second kappa shape index (κ2) is 2.35. The molecule has 8 heavy (non-hydrogen) atoms. The average Bonchev–Trinajstić information content (AvgIpc) is 2.50. The largest absolute Gasteiger partial charge is 0.352 e. The van der Waals surface area contributed by atoms with Gasteiger partial charge in [-0.2, -0.15) is 0 Å². The van der Waals surface area contributed by atoms with Crippen LogP contribution >= 0.6 is 11.6 Å². The van der Waals surface area contributed by atoms with Crippen molar-refractivity contribution < 1.29 is 4.79 Å². The molecular weight excluding hydrogens is 126 g/mol. The van der Waals surface area contributed by atoms with Gasteiger partial charge in [-0.3, -0.25) is 4.79 Å². The molecule has 1 aliphatic carbocycles. The Morgan fingerprint density at radius 1 is 1.75 bits per heavy atom. The van der Waals surface area contributed by atoms with Crippen molar-refractivity contribution in [1.29, 1.82) is 0 Å². The predicted octanol–water partition coefficient (Wildman–Crippen LogP) is 0.504. The molecule has 1 saturated carbocycles. The van der Waals surface area contributed by atoms with E-state index in [1.807, 2.05) is 0 Å². The quantitative estimate of drug-likeness (QED) is 0.547. The van der Waals surface area contributed by atoms with E-state index in [4.69, 9.17) is 11.6 Å². The van der Waals surface area contributed by atoms with Crippen LogP contribution in [0.2, 0.25) is 0 Å². The lowest BCUT2D eigenvalue weighted by Gasteiger charge is -1.95. The van der Waals surface area contributed by atoms with Gasteiger partial charge in [0, 0.05) is 6.04 Å². The second-order valence-corrected chi connectivity index (χ2v) is 2.24. The Kier molecular flexibility index (Phi) is 1.73. The third-order valence-electron chi connectivity index (χ3n) is 1.06. The van der Waals surface area contributed by atoms with Crippen molar-refractivity contribution in [3.05, 3.63) is 0 Å². The van der Waals surface area contributed by atoms with Gasteiger partial charge < -0.3 is 5.32 Å². The highest BCUT2D eigenvalue weighted by Crippen LogP contribution is 2.18. The molecule has 0 heterocycles. The second-order valence-electron chi connectivity index (χ2n) is 1.98. The van der Waals surface area contributed by atoms with Crippen LogP contribution in [0.1, 0.15) is 12.8 Å². The zero-order valence-corrected chi connectivity index (χ0v) is 5.24. The predicted molar refractivity (Wildman–Crippen MR) is 31.9 cm³/mol. The Labute approximate surface area is 53.2 Å². The lowest BCUT2D eigenvalue weighted by atomic mass is 10.6. The zero-order valence-electron chi connectivity index (χ0n) is 4.48. The van der Waals surface area contributed by atoms with Crippen molar-refractivity contribution >= 4 is 17.5 Å². The summed E-state index contributed by atoms with van der Waals surface area (Å²) in [6, 6.07) is 0.446. The number of halogens is 1. The molecule has 0 atom stereocenters. The van der Waals surface area contributed by atoms with E-state index in [-0.39, 0.29) is 11.8 Å². The fraction of sp³-hybridized carbons (Fsp3) is 0.800. The van der Waals surface area contributed by atoms with E-state index in [1.165, 1.54) is 0 Å². The lowest BCUT2D eigenvalue weighted by molar-refractivity contribution is -0.118. The smallest absolute Gasteiger partial charge is 0.235 e. The number of rotatable bonds is 2. The molecule has 1 aliphatic rings. The molecule has 2 nitrogen and oxygen atoms in total. The summed E-state index contributed by atoms with van der Waals surface area (Å²) in [6.07, 6.45) is 2.26. The third-order valence-corrected chi connectivity index (χ3v) is 1.31. The molecule has 1 amide bonds. The van der Waals surface area contributed by atoms with Gasteiger partial charge in [-0.25, -0.2) is 0 Å². The fourth-order valence-electron chi connectivity index (χ4n) is 0.494. The molecular formula is C5H8ClNO. The minimum atomic E-state index is -0.0471. The number of hydrogen-bond acceptors (Lipinski definition) is 1. The lowest BCUT2D eigenvalue weighted by Crippen LogP contribution is -2.26. The highest BCUT2D eigenvalue weighted by Gasteiger charge is 2.22. The molecule has 0 aromatic carbocycles. The first-order valence-electron chi connectivity index (χ1n) is 2.68. The van der Waals surface area contributed by atoms with Gasteiger partial charge in [-0.15, -0.1) is 11.6 Å². The molecule has 1 rings (SSSR count). The van der Waals surface area contributed by atoms with Crippen molar-refractivity contribution in [2.45, 2.75) is 18.9 Å². The van der Waals surface area contributed by atoms with Gasteiger partial charge in [0.2, 0.25) is 5.91 Å². The Morgan fingerprint density at radius 2 is 2.38 bits per heavy atom. The standard InChI is InChI=1S/C5H8ClNO/c6-3-5(8)7-4-1-2-4/h4H,1-3H2,(H,7,8). The molecule has 0 saturated heterocycles. The Balaban J connectivity index is 2.07. The van der Waals surface area contributed by atoms with Gasteiger partial charge in [0.25, 0.3) is 0 Å². The molecule has 0 radical (unpaired) electrons. The summed E-state index contributed by atoms with van der Waals surface area (Å²) >= 11 is 5.21. The normalized spacial score (nSPS) is 18.1. The Morgan fingerprint density at radius 3 is 2.75 bits per heavy atom. The van der Waals surface area contributed by atoms with Gasteiger partial charge in [0.05, 0.1) is 0 Å². The average molecular weight is 134 g/mol. The van der Waals surface area contributed by atoms with Crippen molar-refractivity contribution in [2.75, 3.05) is 5.88 Å². The maximum absolute atomic E-state index is 10.4. The highest BCUT2D eigenvalue weighted by atomic mass is 35.5. The molecule has 0 aromatic heterocycles. The van der Waals surface area contributed by atoms with Crippen molar-refractivity contribution in [3.8, 4) is 0 Å². The summed E-state index contributed by atoms with van der Waals surface area (Å²) in [5.74, 6) is 0.0467. The van der Waals surface area contributed by atoms with Crippen LogP contribution in [0.3, 0.4) is 0 Å². The first kappa shape index (κ1) is 5.89. The number of carbonyl (C=O) groups excluding carboxylic acids is 1. The molecule has 0 spiro atoms. The van der Waals surface area contributed by atoms with Gasteiger partial charge in [0.1, 0.15) is 5.88 Å². The van der Waals surface area contributed by atoms with Gasteiger partial charge in [0.15, 0.2) is 0 Å². The Hall–Kier alpha value is -0.240. The molecule has 0 aromatic rings. The van der Waals surface area contributed by atoms with Gasteiger partial charge in [-0.05, 0) is 12.8 Å². The third kappa shape index (κ3) is 1.70. The van der Waals surface area contributed by atoms with E-state index >= 15 is 0 Å². The van der Waals surface area contributed by atoms with E-state index in [1.54, 1.807) is 0 Å². The summed E-state index contributed by atoms with van der Waals surface area (Å²) in [4.78, 5) is 10.4. The number of nitrogens with one attached hydrogen (secondary N) is 1. The van der Waals surface area contributed by atoms with E-state index in [9.17, 15) is 4.79 Å². The van der Waals surface area contributed by atoms with E-state index in [2.05, 4.69) is 5.32 Å². The van der Waals surface area contributed by atoms with Crippen LogP contribution < -0.4 is 5.32 Å².